The molecule has 3 nitrogen and oxygen atoms in total. The first kappa shape index (κ1) is 12.1. The van der Waals surface area contributed by atoms with Gasteiger partial charge in [0.1, 0.15) is 0 Å². The Bertz CT molecular complexity index is 231. The van der Waals surface area contributed by atoms with Gasteiger partial charge >= 0.3 is 5.97 Å². The molecule has 0 saturated carbocycles. The van der Waals surface area contributed by atoms with Crippen LogP contribution in [0.2, 0.25) is 0 Å². The second-order valence-electron chi connectivity index (χ2n) is 2.13. The third-order valence-corrected chi connectivity index (χ3v) is 2.21. The average molecular weight is 202 g/mol. The number of hydrogen-bond donors (Lipinski definition) is 2. The molecule has 0 fully saturated rings. The van der Waals surface area contributed by atoms with Crippen LogP contribution in [0.15, 0.2) is 17.5 Å². The molecule has 0 aliphatic carbocycles. The molecule has 13 heavy (non-hydrogen) atoms. The van der Waals surface area contributed by atoms with Crippen LogP contribution in [0.4, 0.5) is 0 Å². The van der Waals surface area contributed by atoms with Crippen LogP contribution in [0.1, 0.15) is 31.2 Å². The van der Waals surface area contributed by atoms with E-state index < -0.39 is 12.1 Å². The van der Waals surface area contributed by atoms with E-state index >= 15 is 0 Å². The molecule has 1 rings (SSSR count). The number of carbonyl (C=O) groups is 1. The van der Waals surface area contributed by atoms with Crippen molar-refractivity contribution in [3.63, 3.8) is 0 Å². The molecule has 1 aromatic heterocycles. The van der Waals surface area contributed by atoms with Crippen molar-refractivity contribution in [2.45, 2.75) is 26.4 Å². The molecule has 0 spiro atoms. The summed E-state index contributed by atoms with van der Waals surface area (Å²) in [7, 11) is 0. The summed E-state index contributed by atoms with van der Waals surface area (Å²) in [6.45, 7) is 4.00. The molecule has 2 N–H and O–H groups in total. The fourth-order valence-corrected chi connectivity index (χ4v) is 1.46. The van der Waals surface area contributed by atoms with Gasteiger partial charge in [-0.25, -0.2) is 0 Å². The third kappa shape index (κ3) is 4.65. The van der Waals surface area contributed by atoms with E-state index in [9.17, 15) is 9.90 Å². The van der Waals surface area contributed by atoms with E-state index in [0.717, 1.165) is 0 Å². The van der Waals surface area contributed by atoms with Gasteiger partial charge in [-0.1, -0.05) is 19.9 Å². The van der Waals surface area contributed by atoms with Gasteiger partial charge in [0.05, 0.1) is 12.5 Å². The highest BCUT2D eigenvalue weighted by molar-refractivity contribution is 7.10. The molecule has 0 bridgehead atoms. The smallest absolute Gasteiger partial charge is 0.306 e. The number of carboxylic acid groups (broad SMARTS) is 1. The Morgan fingerprint density at radius 2 is 2.23 bits per heavy atom. The second-order valence-corrected chi connectivity index (χ2v) is 3.11. The molecule has 0 aliphatic rings. The zero-order chi connectivity index (χ0) is 10.3. The van der Waals surface area contributed by atoms with Crippen molar-refractivity contribution >= 4 is 17.3 Å². The second kappa shape index (κ2) is 6.62. The molecule has 0 saturated heterocycles. The molecule has 0 aromatic carbocycles. The van der Waals surface area contributed by atoms with Gasteiger partial charge in [0, 0.05) is 4.88 Å². The monoisotopic (exact) mass is 202 g/mol. The first-order valence-electron chi connectivity index (χ1n) is 4.13. The molecule has 1 aromatic rings. The number of thiophene rings is 1. The normalized spacial score (nSPS) is 11.3. The van der Waals surface area contributed by atoms with Crippen LogP contribution in [0.3, 0.4) is 0 Å². The molecule has 4 heteroatoms. The van der Waals surface area contributed by atoms with Gasteiger partial charge in [-0.2, -0.15) is 0 Å². The van der Waals surface area contributed by atoms with Crippen molar-refractivity contribution in [1.29, 1.82) is 0 Å². The summed E-state index contributed by atoms with van der Waals surface area (Å²) in [5, 5.41) is 19.3. The van der Waals surface area contributed by atoms with E-state index in [-0.39, 0.29) is 6.42 Å². The average Bonchev–Trinajstić information content (AvgIpc) is 2.58. The van der Waals surface area contributed by atoms with Gasteiger partial charge in [-0.15, -0.1) is 11.3 Å². The molecule has 1 heterocycles. The lowest BCUT2D eigenvalue weighted by Crippen LogP contribution is -2.03. The van der Waals surface area contributed by atoms with E-state index in [4.69, 9.17) is 5.11 Å². The predicted molar refractivity (Wildman–Crippen MR) is 52.9 cm³/mol. The van der Waals surface area contributed by atoms with Crippen molar-refractivity contribution in [1.82, 2.24) is 0 Å². The van der Waals surface area contributed by atoms with Crippen molar-refractivity contribution in [2.24, 2.45) is 0 Å². The minimum atomic E-state index is -0.981. The Balaban J connectivity index is 0.000000671. The van der Waals surface area contributed by atoms with Crippen LogP contribution in [-0.4, -0.2) is 16.2 Å². The highest BCUT2D eigenvalue weighted by atomic mass is 32.1. The maximum absolute atomic E-state index is 10.1. The van der Waals surface area contributed by atoms with Crippen LogP contribution in [-0.2, 0) is 4.79 Å². The Morgan fingerprint density at radius 3 is 2.62 bits per heavy atom. The molecule has 0 amide bonds. The standard InChI is InChI=1S/C7H8O3S.C2H6/c8-5(4-7(9)10)6-2-1-3-11-6;1-2/h1-3,5,8H,4H2,(H,9,10);1-2H3. The van der Waals surface area contributed by atoms with Crippen LogP contribution in [0, 0.1) is 0 Å². The predicted octanol–water partition coefficient (Wildman–Crippen LogP) is 2.28. The maximum Gasteiger partial charge on any atom is 0.306 e. The quantitative estimate of drug-likeness (QED) is 0.790. The lowest BCUT2D eigenvalue weighted by molar-refractivity contribution is -0.139. The maximum atomic E-state index is 10.1. The summed E-state index contributed by atoms with van der Waals surface area (Å²) in [6, 6.07) is 3.50. The Labute approximate surface area is 81.7 Å². The van der Waals surface area contributed by atoms with E-state index in [2.05, 4.69) is 0 Å². The van der Waals surface area contributed by atoms with E-state index in [1.807, 2.05) is 13.8 Å². The first-order valence-corrected chi connectivity index (χ1v) is 5.01. The SMILES string of the molecule is CC.O=C(O)CC(O)c1cccs1. The lowest BCUT2D eigenvalue weighted by Gasteiger charge is -2.02. The zero-order valence-electron chi connectivity index (χ0n) is 7.73. The van der Waals surface area contributed by atoms with Gasteiger partial charge in [0.2, 0.25) is 0 Å². The fraction of sp³-hybridized carbons (Fsp3) is 0.444. The van der Waals surface area contributed by atoms with Crippen LogP contribution >= 0.6 is 11.3 Å². The summed E-state index contributed by atoms with van der Waals surface area (Å²) in [5.74, 6) is -0.981. The van der Waals surface area contributed by atoms with Crippen molar-refractivity contribution in [3.05, 3.63) is 22.4 Å². The largest absolute Gasteiger partial charge is 0.481 e. The molecule has 1 unspecified atom stereocenters. The summed E-state index contributed by atoms with van der Waals surface area (Å²) in [4.78, 5) is 10.9. The molecule has 74 valence electrons. The van der Waals surface area contributed by atoms with Gasteiger partial charge < -0.3 is 10.2 Å². The Hall–Kier alpha value is -0.870. The topological polar surface area (TPSA) is 57.5 Å². The number of carboxylic acids is 1. The van der Waals surface area contributed by atoms with Crippen molar-refractivity contribution < 1.29 is 15.0 Å². The zero-order valence-corrected chi connectivity index (χ0v) is 8.54. The number of aliphatic hydroxyl groups excluding tert-OH is 1. The lowest BCUT2D eigenvalue weighted by atomic mass is 10.2. The van der Waals surface area contributed by atoms with Crippen LogP contribution in [0.25, 0.3) is 0 Å². The summed E-state index contributed by atoms with van der Waals surface area (Å²) < 4.78 is 0. The summed E-state index contributed by atoms with van der Waals surface area (Å²) in [5.41, 5.74) is 0. The number of rotatable bonds is 3. The van der Waals surface area contributed by atoms with Crippen molar-refractivity contribution in [2.75, 3.05) is 0 Å². The van der Waals surface area contributed by atoms with Gasteiger partial charge in [-0.3, -0.25) is 4.79 Å². The fourth-order valence-electron chi connectivity index (χ4n) is 0.747. The molecular formula is C9H14O3S. The van der Waals surface area contributed by atoms with Crippen molar-refractivity contribution in [3.8, 4) is 0 Å². The minimum absolute atomic E-state index is 0.222. The summed E-state index contributed by atoms with van der Waals surface area (Å²) in [6.07, 6.45) is -1.08. The summed E-state index contributed by atoms with van der Waals surface area (Å²) >= 11 is 1.36. The highest BCUT2D eigenvalue weighted by Gasteiger charge is 2.11. The van der Waals surface area contributed by atoms with Crippen LogP contribution in [0.5, 0.6) is 0 Å². The van der Waals surface area contributed by atoms with Crippen LogP contribution < -0.4 is 0 Å². The molecule has 1 atom stereocenters. The number of hydrogen-bond acceptors (Lipinski definition) is 3. The van der Waals surface area contributed by atoms with Gasteiger partial charge in [0.15, 0.2) is 0 Å². The number of aliphatic carboxylic acids is 1. The minimum Gasteiger partial charge on any atom is -0.481 e. The Kier molecular flexibility index (Phi) is 6.18. The molecule has 0 radical (unpaired) electrons. The molecule has 0 aliphatic heterocycles. The molecular weight excluding hydrogens is 188 g/mol. The van der Waals surface area contributed by atoms with E-state index in [1.54, 1.807) is 17.5 Å². The third-order valence-electron chi connectivity index (χ3n) is 1.24. The van der Waals surface area contributed by atoms with Gasteiger partial charge in [-0.05, 0) is 11.4 Å². The van der Waals surface area contributed by atoms with E-state index in [0.29, 0.717) is 4.88 Å². The highest BCUT2D eigenvalue weighted by Crippen LogP contribution is 2.21. The number of aliphatic hydroxyl groups is 1. The Morgan fingerprint density at radius 1 is 1.62 bits per heavy atom. The first-order chi connectivity index (χ1) is 6.20. The van der Waals surface area contributed by atoms with Gasteiger partial charge in [0.25, 0.3) is 0 Å². The van der Waals surface area contributed by atoms with E-state index in [1.165, 1.54) is 11.3 Å².